The Kier molecular flexibility index (Phi) is 4.34. The van der Waals surface area contributed by atoms with E-state index in [0.717, 1.165) is 11.3 Å². The number of aromatic nitrogens is 2. The molecular weight excluding hydrogens is 341 g/mol. The van der Waals surface area contributed by atoms with Crippen LogP contribution in [0.1, 0.15) is 17.0 Å². The molecule has 0 amide bonds. The second kappa shape index (κ2) is 6.33. The Morgan fingerprint density at radius 2 is 1.72 bits per heavy atom. The predicted octanol–water partition coefficient (Wildman–Crippen LogP) is 3.74. The first-order valence-electron chi connectivity index (χ1n) is 7.70. The lowest BCUT2D eigenvalue weighted by molar-refractivity contribution is 0.597. The van der Waals surface area contributed by atoms with E-state index in [4.69, 9.17) is 0 Å². The highest BCUT2D eigenvalue weighted by molar-refractivity contribution is 7.92. The summed E-state index contributed by atoms with van der Waals surface area (Å²) in [5, 5.41) is 4.33. The van der Waals surface area contributed by atoms with Crippen molar-refractivity contribution in [3.05, 3.63) is 71.3 Å². The molecule has 0 spiro atoms. The van der Waals surface area contributed by atoms with Crippen LogP contribution >= 0.6 is 0 Å². The number of hydrogen-bond donors (Lipinski definition) is 1. The molecular formula is C18H18FN3O2S. The molecule has 3 rings (SSSR count). The molecule has 1 aromatic heterocycles. The van der Waals surface area contributed by atoms with Gasteiger partial charge in [-0.25, -0.2) is 17.5 Å². The molecule has 0 unspecified atom stereocenters. The van der Waals surface area contributed by atoms with Crippen molar-refractivity contribution in [2.45, 2.75) is 25.7 Å². The van der Waals surface area contributed by atoms with Crippen LogP contribution in [0.5, 0.6) is 0 Å². The van der Waals surface area contributed by atoms with Gasteiger partial charge in [0.1, 0.15) is 10.7 Å². The van der Waals surface area contributed by atoms with Crippen LogP contribution in [0.3, 0.4) is 0 Å². The monoisotopic (exact) mass is 359 g/mol. The molecule has 1 N–H and O–H groups in total. The zero-order valence-electron chi connectivity index (χ0n) is 14.1. The summed E-state index contributed by atoms with van der Waals surface area (Å²) in [4.78, 5) is 0.0530. The maximum Gasteiger partial charge on any atom is 0.265 e. The van der Waals surface area contributed by atoms with Gasteiger partial charge in [-0.15, -0.1) is 0 Å². The van der Waals surface area contributed by atoms with Crippen molar-refractivity contribution in [2.75, 3.05) is 4.72 Å². The Morgan fingerprint density at radius 1 is 1.04 bits per heavy atom. The quantitative estimate of drug-likeness (QED) is 0.772. The fourth-order valence-electron chi connectivity index (χ4n) is 2.75. The molecule has 130 valence electrons. The van der Waals surface area contributed by atoms with Gasteiger partial charge in [0.15, 0.2) is 0 Å². The first-order chi connectivity index (χ1) is 11.8. The summed E-state index contributed by atoms with van der Waals surface area (Å²) in [6, 6.07) is 13.5. The van der Waals surface area contributed by atoms with Gasteiger partial charge in [0.25, 0.3) is 10.0 Å². The fraction of sp³-hybridized carbons (Fsp3) is 0.167. The zero-order valence-corrected chi connectivity index (χ0v) is 14.9. The van der Waals surface area contributed by atoms with Gasteiger partial charge in [-0.05, 0) is 50.6 Å². The van der Waals surface area contributed by atoms with Crippen LogP contribution in [0.25, 0.3) is 5.69 Å². The number of para-hydroxylation sites is 1. The molecule has 1 heterocycles. The molecule has 0 saturated heterocycles. The van der Waals surface area contributed by atoms with Gasteiger partial charge in [0.05, 0.1) is 22.8 Å². The van der Waals surface area contributed by atoms with Crippen molar-refractivity contribution >= 4 is 15.7 Å². The van der Waals surface area contributed by atoms with Crippen LogP contribution in [0.4, 0.5) is 10.1 Å². The van der Waals surface area contributed by atoms with Gasteiger partial charge in [0, 0.05) is 0 Å². The van der Waals surface area contributed by atoms with Crippen molar-refractivity contribution in [2.24, 2.45) is 0 Å². The van der Waals surface area contributed by atoms with E-state index >= 15 is 0 Å². The number of sulfonamides is 1. The van der Waals surface area contributed by atoms with Crippen molar-refractivity contribution < 1.29 is 12.8 Å². The van der Waals surface area contributed by atoms with Gasteiger partial charge in [-0.2, -0.15) is 5.10 Å². The first-order valence-corrected chi connectivity index (χ1v) is 9.18. The second-order valence-electron chi connectivity index (χ2n) is 5.84. The van der Waals surface area contributed by atoms with E-state index in [0.29, 0.717) is 11.4 Å². The number of nitrogens with one attached hydrogen (secondary N) is 1. The number of aryl methyl sites for hydroxylation is 2. The standard InChI is InChI=1S/C18H18FN3O2S/c1-12-9-10-16(19)17(11-12)21-25(23,24)18-13(2)20-22(14(18)3)15-7-5-4-6-8-15/h4-11,21H,1-3H3. The number of halogens is 1. The van der Waals surface area contributed by atoms with Crippen molar-refractivity contribution in [1.29, 1.82) is 0 Å². The maximum atomic E-state index is 13.9. The smallest absolute Gasteiger partial charge is 0.265 e. The second-order valence-corrected chi connectivity index (χ2v) is 7.46. The van der Waals surface area contributed by atoms with E-state index in [-0.39, 0.29) is 10.6 Å². The Balaban J connectivity index is 2.06. The number of hydrogen-bond acceptors (Lipinski definition) is 3. The highest BCUT2D eigenvalue weighted by atomic mass is 32.2. The minimum Gasteiger partial charge on any atom is -0.277 e. The highest BCUT2D eigenvalue weighted by Gasteiger charge is 2.26. The molecule has 5 nitrogen and oxygen atoms in total. The summed E-state index contributed by atoms with van der Waals surface area (Å²) in [6.07, 6.45) is 0. The van der Waals surface area contributed by atoms with Gasteiger partial charge in [-0.3, -0.25) is 4.72 Å². The molecule has 7 heteroatoms. The van der Waals surface area contributed by atoms with Gasteiger partial charge in [-0.1, -0.05) is 24.3 Å². The topological polar surface area (TPSA) is 64.0 Å². The van der Waals surface area contributed by atoms with Gasteiger partial charge >= 0.3 is 0 Å². The molecule has 0 atom stereocenters. The Morgan fingerprint density at radius 3 is 2.40 bits per heavy atom. The lowest BCUT2D eigenvalue weighted by Gasteiger charge is -2.10. The van der Waals surface area contributed by atoms with Crippen LogP contribution in [0, 0.1) is 26.6 Å². The van der Waals surface area contributed by atoms with E-state index in [2.05, 4.69) is 9.82 Å². The summed E-state index contributed by atoms with van der Waals surface area (Å²) in [5.74, 6) is -0.625. The van der Waals surface area contributed by atoms with E-state index < -0.39 is 15.8 Å². The number of benzene rings is 2. The Bertz CT molecular complexity index is 1030. The number of anilines is 1. The van der Waals surface area contributed by atoms with Crippen LogP contribution in [-0.2, 0) is 10.0 Å². The zero-order chi connectivity index (χ0) is 18.2. The largest absolute Gasteiger partial charge is 0.277 e. The lowest BCUT2D eigenvalue weighted by atomic mass is 10.2. The Hall–Kier alpha value is -2.67. The minimum absolute atomic E-state index is 0.0530. The summed E-state index contributed by atoms with van der Waals surface area (Å²) >= 11 is 0. The molecule has 3 aromatic rings. The molecule has 0 aliphatic carbocycles. The van der Waals surface area contributed by atoms with Gasteiger partial charge in [0.2, 0.25) is 0 Å². The summed E-state index contributed by atoms with van der Waals surface area (Å²) in [5.41, 5.74) is 2.25. The molecule has 0 fully saturated rings. The molecule has 0 saturated carbocycles. The first kappa shape index (κ1) is 17.2. The average molecular weight is 359 g/mol. The van der Waals surface area contributed by atoms with Crippen LogP contribution in [-0.4, -0.2) is 18.2 Å². The van der Waals surface area contributed by atoms with Crippen molar-refractivity contribution in [1.82, 2.24) is 9.78 Å². The molecule has 25 heavy (non-hydrogen) atoms. The fourth-order valence-corrected chi connectivity index (χ4v) is 4.20. The predicted molar refractivity (Wildman–Crippen MR) is 95.0 cm³/mol. The van der Waals surface area contributed by atoms with Crippen LogP contribution in [0.15, 0.2) is 53.4 Å². The van der Waals surface area contributed by atoms with Crippen LogP contribution in [0.2, 0.25) is 0 Å². The molecule has 0 radical (unpaired) electrons. The third kappa shape index (κ3) is 3.28. The van der Waals surface area contributed by atoms with Crippen molar-refractivity contribution in [3.8, 4) is 5.69 Å². The average Bonchev–Trinajstić information content (AvgIpc) is 2.87. The SMILES string of the molecule is Cc1ccc(F)c(NS(=O)(=O)c2c(C)nn(-c3ccccc3)c2C)c1. The minimum atomic E-state index is -3.97. The summed E-state index contributed by atoms with van der Waals surface area (Å²) in [6.45, 7) is 5.06. The maximum absolute atomic E-state index is 13.9. The molecule has 2 aromatic carbocycles. The number of rotatable bonds is 4. The van der Waals surface area contributed by atoms with Crippen LogP contribution < -0.4 is 4.72 Å². The third-order valence-corrected chi connectivity index (χ3v) is 5.48. The Labute approximate surface area is 146 Å². The molecule has 0 aliphatic rings. The van der Waals surface area contributed by atoms with E-state index in [9.17, 15) is 12.8 Å². The van der Waals surface area contributed by atoms with Crippen molar-refractivity contribution in [3.63, 3.8) is 0 Å². The van der Waals surface area contributed by atoms with Gasteiger partial charge < -0.3 is 0 Å². The third-order valence-electron chi connectivity index (χ3n) is 3.86. The summed E-state index contributed by atoms with van der Waals surface area (Å²) in [7, 11) is -3.97. The number of nitrogens with zero attached hydrogens (tertiary/aromatic N) is 2. The highest BCUT2D eigenvalue weighted by Crippen LogP contribution is 2.26. The van der Waals surface area contributed by atoms with E-state index in [1.165, 1.54) is 12.1 Å². The molecule has 0 bridgehead atoms. The summed E-state index contributed by atoms with van der Waals surface area (Å²) < 4.78 is 43.5. The lowest BCUT2D eigenvalue weighted by Crippen LogP contribution is -2.16. The molecule has 0 aliphatic heterocycles. The normalized spacial score (nSPS) is 11.5. The van der Waals surface area contributed by atoms with E-state index in [1.54, 1.807) is 31.5 Å². The van der Waals surface area contributed by atoms with E-state index in [1.807, 2.05) is 30.3 Å².